The van der Waals surface area contributed by atoms with Crippen LogP contribution in [0.5, 0.6) is 0 Å². The number of rotatable bonds is 2. The predicted octanol–water partition coefficient (Wildman–Crippen LogP) is 3.79. The number of benzene rings is 1. The molecule has 1 rings (SSSR count). The van der Waals surface area contributed by atoms with Gasteiger partial charge >= 0.3 is 0 Å². The minimum Gasteiger partial charge on any atom is -0.204 e. The summed E-state index contributed by atoms with van der Waals surface area (Å²) < 4.78 is 25.6. The Morgan fingerprint density at radius 2 is 1.77 bits per heavy atom. The van der Waals surface area contributed by atoms with Gasteiger partial charge in [0.05, 0.1) is 0 Å². The van der Waals surface area contributed by atoms with Crippen LogP contribution in [-0.2, 0) is 0 Å². The molecule has 0 aliphatic rings. The van der Waals surface area contributed by atoms with Crippen molar-refractivity contribution in [3.63, 3.8) is 0 Å². The summed E-state index contributed by atoms with van der Waals surface area (Å²) in [5.74, 6) is -1.22. The molecule has 1 atom stereocenters. The molecule has 1 aromatic carbocycles. The quantitative estimate of drug-likeness (QED) is 0.656. The molecular weight excluding hydrogens is 170 g/mol. The first kappa shape index (κ1) is 10.2. The minimum absolute atomic E-state index is 0.287. The second-order valence-corrected chi connectivity index (χ2v) is 3.43. The van der Waals surface area contributed by atoms with E-state index in [1.54, 1.807) is 0 Å². The third-order valence-corrected chi connectivity index (χ3v) is 2.45. The Kier molecular flexibility index (Phi) is 3.02. The maximum Gasteiger partial charge on any atom is 0.159 e. The molecule has 0 aromatic heterocycles. The van der Waals surface area contributed by atoms with Gasteiger partial charge in [0.1, 0.15) is 0 Å². The first-order valence-electron chi connectivity index (χ1n) is 4.51. The zero-order valence-electron chi connectivity index (χ0n) is 8.20. The van der Waals surface area contributed by atoms with Crippen molar-refractivity contribution in [2.75, 3.05) is 0 Å². The number of hydrogen-bond donors (Lipinski definition) is 0. The van der Waals surface area contributed by atoms with E-state index in [4.69, 9.17) is 0 Å². The molecule has 2 heteroatoms. The topological polar surface area (TPSA) is 0 Å². The lowest BCUT2D eigenvalue weighted by Crippen LogP contribution is -1.98. The molecule has 0 radical (unpaired) electrons. The fraction of sp³-hybridized carbons (Fsp3) is 0.455. The summed E-state index contributed by atoms with van der Waals surface area (Å²) in [6, 6.07) is 2.57. The highest BCUT2D eigenvalue weighted by atomic mass is 19.2. The summed E-state index contributed by atoms with van der Waals surface area (Å²) in [6.45, 7) is 5.86. The molecule has 0 aliphatic carbocycles. The van der Waals surface area contributed by atoms with Gasteiger partial charge in [-0.3, -0.25) is 0 Å². The van der Waals surface area contributed by atoms with Gasteiger partial charge in [0.25, 0.3) is 0 Å². The van der Waals surface area contributed by atoms with Crippen LogP contribution >= 0.6 is 0 Å². The monoisotopic (exact) mass is 184 g/mol. The molecule has 0 saturated carbocycles. The van der Waals surface area contributed by atoms with Crippen molar-refractivity contribution in [3.8, 4) is 0 Å². The van der Waals surface area contributed by atoms with Crippen molar-refractivity contribution < 1.29 is 8.78 Å². The molecule has 0 amide bonds. The Morgan fingerprint density at radius 1 is 1.23 bits per heavy atom. The van der Waals surface area contributed by atoms with Gasteiger partial charge in [-0.05, 0) is 42.5 Å². The van der Waals surface area contributed by atoms with E-state index in [0.29, 0.717) is 0 Å². The Bertz CT molecular complexity index is 305. The second kappa shape index (κ2) is 3.86. The highest BCUT2D eigenvalue weighted by molar-refractivity contribution is 5.30. The fourth-order valence-electron chi connectivity index (χ4n) is 1.41. The summed E-state index contributed by atoms with van der Waals surface area (Å²) in [5.41, 5.74) is 1.73. The van der Waals surface area contributed by atoms with E-state index in [2.05, 4.69) is 0 Å². The van der Waals surface area contributed by atoms with Crippen molar-refractivity contribution in [2.24, 2.45) is 0 Å². The van der Waals surface area contributed by atoms with Gasteiger partial charge in [-0.1, -0.05) is 13.8 Å². The number of hydrogen-bond acceptors (Lipinski definition) is 0. The maximum absolute atomic E-state index is 12.9. The van der Waals surface area contributed by atoms with Crippen LogP contribution in [0.3, 0.4) is 0 Å². The maximum atomic E-state index is 12.9. The Hall–Kier alpha value is -0.920. The van der Waals surface area contributed by atoms with Crippen LogP contribution in [0.15, 0.2) is 12.1 Å². The van der Waals surface area contributed by atoms with E-state index in [9.17, 15) is 8.78 Å². The third kappa shape index (κ3) is 2.06. The van der Waals surface area contributed by atoms with Gasteiger partial charge in [-0.2, -0.15) is 0 Å². The first-order valence-corrected chi connectivity index (χ1v) is 4.51. The van der Waals surface area contributed by atoms with Gasteiger partial charge in [0.15, 0.2) is 11.6 Å². The zero-order chi connectivity index (χ0) is 10.0. The average Bonchev–Trinajstić information content (AvgIpc) is 2.10. The average molecular weight is 184 g/mol. The third-order valence-electron chi connectivity index (χ3n) is 2.45. The summed E-state index contributed by atoms with van der Waals surface area (Å²) in [7, 11) is 0. The van der Waals surface area contributed by atoms with Crippen LogP contribution in [-0.4, -0.2) is 0 Å². The lowest BCUT2D eigenvalue weighted by molar-refractivity contribution is 0.504. The van der Waals surface area contributed by atoms with Gasteiger partial charge in [-0.15, -0.1) is 0 Å². The standard InChI is InChI=1S/C11H14F2/c1-4-7(2)9-6-11(13)10(12)5-8(9)3/h5-7H,4H2,1-3H3. The summed E-state index contributed by atoms with van der Waals surface area (Å²) in [4.78, 5) is 0. The Balaban J connectivity index is 3.15. The van der Waals surface area contributed by atoms with Crippen LogP contribution < -0.4 is 0 Å². The lowest BCUT2D eigenvalue weighted by atomic mass is 9.94. The molecule has 13 heavy (non-hydrogen) atoms. The van der Waals surface area contributed by atoms with Crippen molar-refractivity contribution in [3.05, 3.63) is 34.9 Å². The molecule has 0 spiro atoms. The van der Waals surface area contributed by atoms with Crippen LogP contribution in [0.4, 0.5) is 8.78 Å². The van der Waals surface area contributed by atoms with Crippen molar-refractivity contribution >= 4 is 0 Å². The normalized spacial score (nSPS) is 13.0. The number of aryl methyl sites for hydroxylation is 1. The first-order chi connectivity index (χ1) is 6.06. The molecule has 0 fully saturated rings. The molecule has 0 nitrogen and oxygen atoms in total. The molecular formula is C11H14F2. The fourth-order valence-corrected chi connectivity index (χ4v) is 1.41. The molecule has 0 N–H and O–H groups in total. The van der Waals surface area contributed by atoms with E-state index in [-0.39, 0.29) is 5.92 Å². The molecule has 72 valence electrons. The second-order valence-electron chi connectivity index (χ2n) is 3.43. The highest BCUT2D eigenvalue weighted by Gasteiger charge is 2.10. The summed E-state index contributed by atoms with van der Waals surface area (Å²) in [5, 5.41) is 0. The molecule has 0 bridgehead atoms. The molecule has 0 heterocycles. The summed E-state index contributed by atoms with van der Waals surface area (Å²) >= 11 is 0. The predicted molar refractivity (Wildman–Crippen MR) is 49.8 cm³/mol. The SMILES string of the molecule is CCC(C)c1cc(F)c(F)cc1C. The van der Waals surface area contributed by atoms with Crippen LogP contribution in [0.1, 0.15) is 37.3 Å². The van der Waals surface area contributed by atoms with E-state index >= 15 is 0 Å². The van der Waals surface area contributed by atoms with Gasteiger partial charge in [0, 0.05) is 0 Å². The van der Waals surface area contributed by atoms with Gasteiger partial charge in [0.2, 0.25) is 0 Å². The molecule has 1 aromatic rings. The van der Waals surface area contributed by atoms with E-state index in [1.807, 2.05) is 20.8 Å². The molecule has 1 unspecified atom stereocenters. The van der Waals surface area contributed by atoms with Crippen molar-refractivity contribution in [1.29, 1.82) is 0 Å². The van der Waals surface area contributed by atoms with Crippen LogP contribution in [0.2, 0.25) is 0 Å². The molecule has 0 aliphatic heterocycles. The van der Waals surface area contributed by atoms with Gasteiger partial charge < -0.3 is 0 Å². The van der Waals surface area contributed by atoms with Crippen LogP contribution in [0.25, 0.3) is 0 Å². The van der Waals surface area contributed by atoms with E-state index in [1.165, 1.54) is 12.1 Å². The van der Waals surface area contributed by atoms with Crippen LogP contribution in [0, 0.1) is 18.6 Å². The van der Waals surface area contributed by atoms with Gasteiger partial charge in [-0.25, -0.2) is 8.78 Å². The van der Waals surface area contributed by atoms with Crippen molar-refractivity contribution in [2.45, 2.75) is 33.1 Å². The lowest BCUT2D eigenvalue weighted by Gasteiger charge is -2.12. The van der Waals surface area contributed by atoms with E-state index < -0.39 is 11.6 Å². The van der Waals surface area contributed by atoms with Crippen molar-refractivity contribution in [1.82, 2.24) is 0 Å². The number of halogens is 2. The zero-order valence-corrected chi connectivity index (χ0v) is 8.20. The largest absolute Gasteiger partial charge is 0.204 e. The smallest absolute Gasteiger partial charge is 0.159 e. The molecule has 0 saturated heterocycles. The van der Waals surface area contributed by atoms with E-state index in [0.717, 1.165) is 17.5 Å². The highest BCUT2D eigenvalue weighted by Crippen LogP contribution is 2.24. The Morgan fingerprint density at radius 3 is 2.31 bits per heavy atom. The Labute approximate surface area is 77.6 Å². The summed E-state index contributed by atoms with van der Waals surface area (Å²) in [6.07, 6.45) is 0.936. The minimum atomic E-state index is -0.760.